The van der Waals surface area contributed by atoms with E-state index >= 15 is 0 Å². The molecule has 3 rings (SSSR count). The van der Waals surface area contributed by atoms with Crippen molar-refractivity contribution in [2.45, 2.75) is 0 Å². The van der Waals surface area contributed by atoms with Gasteiger partial charge in [-0.3, -0.25) is 0 Å². The number of nitrogens with two attached hydrogens (primary N) is 1. The van der Waals surface area contributed by atoms with Crippen LogP contribution in [0.5, 0.6) is 0 Å². The van der Waals surface area contributed by atoms with Crippen molar-refractivity contribution in [3.05, 3.63) is 38.6 Å². The van der Waals surface area contributed by atoms with Gasteiger partial charge >= 0.3 is 0 Å². The van der Waals surface area contributed by atoms with Crippen LogP contribution in [-0.4, -0.2) is 10.1 Å². The van der Waals surface area contributed by atoms with Gasteiger partial charge in [0.2, 0.25) is 5.82 Å². The van der Waals surface area contributed by atoms with Gasteiger partial charge in [-0.15, -0.1) is 11.3 Å². The fourth-order valence-electron chi connectivity index (χ4n) is 1.59. The first-order valence-electron chi connectivity index (χ1n) is 5.29. The Morgan fingerprint density at radius 3 is 2.68 bits per heavy atom. The van der Waals surface area contributed by atoms with E-state index in [0.717, 1.165) is 18.7 Å². The number of hydrogen-bond donors (Lipinski definition) is 1. The quantitative estimate of drug-likeness (QED) is 0.639. The van der Waals surface area contributed by atoms with Gasteiger partial charge < -0.3 is 10.3 Å². The summed E-state index contributed by atoms with van der Waals surface area (Å²) in [4.78, 5) is 5.27. The Labute approximate surface area is 129 Å². The molecule has 3 aromatic rings. The van der Waals surface area contributed by atoms with Crippen LogP contribution in [0.2, 0.25) is 0 Å². The van der Waals surface area contributed by atoms with Crippen molar-refractivity contribution in [1.29, 1.82) is 0 Å². The fraction of sp³-hybridized carbons (Fsp3) is 0. The lowest BCUT2D eigenvalue weighted by molar-refractivity contribution is 0.433. The van der Waals surface area contributed by atoms with Crippen molar-refractivity contribution in [2.24, 2.45) is 0 Å². The second-order valence-corrected chi connectivity index (χ2v) is 6.97. The predicted molar refractivity (Wildman–Crippen MR) is 82.9 cm³/mol. The third-order valence-corrected chi connectivity index (χ3v) is 5.73. The van der Waals surface area contributed by atoms with E-state index < -0.39 is 0 Å². The molecule has 2 N–H and O–H groups in total. The molecule has 0 fully saturated rings. The summed E-state index contributed by atoms with van der Waals surface area (Å²) in [6.45, 7) is 0. The summed E-state index contributed by atoms with van der Waals surface area (Å²) in [6.07, 6.45) is 0. The summed E-state index contributed by atoms with van der Waals surface area (Å²) in [5.41, 5.74) is 7.29. The molecule has 7 heteroatoms. The third kappa shape index (κ3) is 2.45. The van der Waals surface area contributed by atoms with Crippen molar-refractivity contribution in [1.82, 2.24) is 10.1 Å². The number of thiophene rings is 1. The van der Waals surface area contributed by atoms with Gasteiger partial charge in [0.25, 0.3) is 5.89 Å². The minimum Gasteiger partial charge on any atom is -0.398 e. The van der Waals surface area contributed by atoms with E-state index in [0.29, 0.717) is 17.4 Å². The van der Waals surface area contributed by atoms with Crippen LogP contribution in [-0.2, 0) is 0 Å². The lowest BCUT2D eigenvalue weighted by atomic mass is 10.2. The van der Waals surface area contributed by atoms with Crippen LogP contribution in [0.25, 0.3) is 22.2 Å². The van der Waals surface area contributed by atoms with E-state index in [1.807, 2.05) is 30.3 Å². The van der Waals surface area contributed by atoms with Gasteiger partial charge in [0.1, 0.15) is 0 Å². The molecule has 0 atom stereocenters. The smallest absolute Gasteiger partial charge is 0.268 e. The molecule has 0 amide bonds. The van der Waals surface area contributed by atoms with E-state index in [4.69, 9.17) is 10.3 Å². The summed E-state index contributed by atoms with van der Waals surface area (Å²) in [5, 5.41) is 3.97. The van der Waals surface area contributed by atoms with Crippen LogP contribution >= 0.6 is 43.2 Å². The van der Waals surface area contributed by atoms with Gasteiger partial charge in [0.05, 0.1) is 8.66 Å². The zero-order chi connectivity index (χ0) is 13.4. The van der Waals surface area contributed by atoms with Gasteiger partial charge in [-0.05, 0) is 50.1 Å². The van der Waals surface area contributed by atoms with Crippen LogP contribution in [0, 0.1) is 0 Å². The van der Waals surface area contributed by atoms with Crippen molar-refractivity contribution in [2.75, 3.05) is 5.73 Å². The number of nitrogen functional groups attached to an aromatic ring is 1. The Balaban J connectivity index is 2.02. The molecular formula is C12H7Br2N3OS. The molecule has 19 heavy (non-hydrogen) atoms. The maximum atomic E-state index is 5.89. The molecule has 4 nitrogen and oxygen atoms in total. The number of aromatic nitrogens is 2. The Bertz CT molecular complexity index is 719. The molecule has 0 radical (unpaired) electrons. The lowest BCUT2D eigenvalue weighted by Crippen LogP contribution is -1.90. The van der Waals surface area contributed by atoms with Crippen molar-refractivity contribution >= 4 is 48.9 Å². The van der Waals surface area contributed by atoms with Crippen molar-refractivity contribution in [3.63, 3.8) is 0 Å². The largest absolute Gasteiger partial charge is 0.398 e. The molecule has 96 valence electrons. The molecule has 1 aromatic carbocycles. The summed E-state index contributed by atoms with van der Waals surface area (Å²) < 4.78 is 7.23. The molecule has 0 aliphatic carbocycles. The Kier molecular flexibility index (Phi) is 3.42. The predicted octanol–water partition coefficient (Wildman–Crippen LogP) is 4.57. The first kappa shape index (κ1) is 12.8. The lowest BCUT2D eigenvalue weighted by Gasteiger charge is -1.97. The number of halogens is 2. The number of rotatable bonds is 2. The second-order valence-electron chi connectivity index (χ2n) is 3.74. The highest BCUT2D eigenvalue weighted by atomic mass is 79.9. The molecule has 0 spiro atoms. The van der Waals surface area contributed by atoms with E-state index in [2.05, 4.69) is 42.0 Å². The standard InChI is InChI=1S/C12H7Br2N3OS/c13-7-5-9(19-10(7)14)12-16-11(17-18-12)6-3-1-2-4-8(6)15/h1-5H,15H2. The molecular weight excluding hydrogens is 394 g/mol. The van der Waals surface area contributed by atoms with Crippen LogP contribution in [0.15, 0.2) is 43.1 Å². The monoisotopic (exact) mass is 399 g/mol. The van der Waals surface area contributed by atoms with E-state index in [-0.39, 0.29) is 0 Å². The molecule has 2 heterocycles. The topological polar surface area (TPSA) is 64.9 Å². The molecule has 0 aliphatic heterocycles. The van der Waals surface area contributed by atoms with Crippen molar-refractivity contribution in [3.8, 4) is 22.2 Å². The van der Waals surface area contributed by atoms with Crippen LogP contribution in [0.4, 0.5) is 5.69 Å². The van der Waals surface area contributed by atoms with E-state index in [1.54, 1.807) is 0 Å². The minimum atomic E-state index is 0.481. The maximum Gasteiger partial charge on any atom is 0.268 e. The van der Waals surface area contributed by atoms with E-state index in [1.165, 1.54) is 11.3 Å². The zero-order valence-electron chi connectivity index (χ0n) is 9.43. The van der Waals surface area contributed by atoms with Gasteiger partial charge in [0, 0.05) is 15.7 Å². The van der Waals surface area contributed by atoms with Gasteiger partial charge in [0.15, 0.2) is 0 Å². The maximum absolute atomic E-state index is 5.89. The Morgan fingerprint density at radius 2 is 2.00 bits per heavy atom. The zero-order valence-corrected chi connectivity index (χ0v) is 13.4. The van der Waals surface area contributed by atoms with Crippen LogP contribution in [0.1, 0.15) is 0 Å². The summed E-state index contributed by atoms with van der Waals surface area (Å²) >= 11 is 8.39. The average molecular weight is 401 g/mol. The SMILES string of the molecule is Nc1ccccc1-c1noc(-c2cc(Br)c(Br)s2)n1. The number of para-hydroxylation sites is 1. The Hall–Kier alpha value is -1.18. The third-order valence-electron chi connectivity index (χ3n) is 2.48. The molecule has 0 aliphatic rings. The average Bonchev–Trinajstić information content (AvgIpc) is 2.98. The molecule has 0 bridgehead atoms. The van der Waals surface area contributed by atoms with Gasteiger partial charge in [-0.1, -0.05) is 17.3 Å². The van der Waals surface area contributed by atoms with Gasteiger partial charge in [-0.25, -0.2) is 0 Å². The van der Waals surface area contributed by atoms with Crippen molar-refractivity contribution < 1.29 is 4.52 Å². The van der Waals surface area contributed by atoms with Crippen LogP contribution in [0.3, 0.4) is 0 Å². The van der Waals surface area contributed by atoms with Gasteiger partial charge in [-0.2, -0.15) is 4.98 Å². The highest BCUT2D eigenvalue weighted by molar-refractivity contribution is 9.13. The van der Waals surface area contributed by atoms with E-state index in [9.17, 15) is 0 Å². The summed E-state index contributed by atoms with van der Waals surface area (Å²) in [6, 6.07) is 9.36. The highest BCUT2D eigenvalue weighted by Gasteiger charge is 2.15. The first-order valence-corrected chi connectivity index (χ1v) is 7.69. The molecule has 0 saturated heterocycles. The minimum absolute atomic E-state index is 0.481. The number of anilines is 1. The first-order chi connectivity index (χ1) is 9.15. The Morgan fingerprint density at radius 1 is 1.21 bits per heavy atom. The number of hydrogen-bond acceptors (Lipinski definition) is 5. The molecule has 0 saturated carbocycles. The number of benzene rings is 1. The normalized spacial score (nSPS) is 10.8. The summed E-state index contributed by atoms with van der Waals surface area (Å²) in [7, 11) is 0. The molecule has 0 unspecified atom stereocenters. The number of nitrogens with zero attached hydrogens (tertiary/aromatic N) is 2. The fourth-order valence-corrected chi connectivity index (χ4v) is 3.54. The highest BCUT2D eigenvalue weighted by Crippen LogP contribution is 2.38. The molecule has 2 aromatic heterocycles. The second kappa shape index (κ2) is 5.07. The van der Waals surface area contributed by atoms with Crippen LogP contribution < -0.4 is 5.73 Å². The summed E-state index contributed by atoms with van der Waals surface area (Å²) in [5.74, 6) is 0.975.